The van der Waals surface area contributed by atoms with Gasteiger partial charge >= 0.3 is 5.69 Å². The van der Waals surface area contributed by atoms with Crippen molar-refractivity contribution >= 4 is 23.0 Å². The summed E-state index contributed by atoms with van der Waals surface area (Å²) in [6, 6.07) is 5.27. The molecule has 0 radical (unpaired) electrons. The Kier molecular flexibility index (Phi) is 4.07. The van der Waals surface area contributed by atoms with Gasteiger partial charge in [0.2, 0.25) is 5.91 Å². The molecule has 1 aromatic carbocycles. The first-order valence-corrected chi connectivity index (χ1v) is 6.50. The van der Waals surface area contributed by atoms with Crippen LogP contribution in [0.5, 0.6) is 0 Å². The van der Waals surface area contributed by atoms with E-state index in [-0.39, 0.29) is 22.6 Å². The van der Waals surface area contributed by atoms with Gasteiger partial charge in [0, 0.05) is 33.1 Å². The molecular formula is C13H18N4O3. The maximum atomic E-state index is 11.3. The number of nitrogens with one attached hydrogen (secondary N) is 2. The number of nitro groups is 1. The van der Waals surface area contributed by atoms with Crippen molar-refractivity contribution in [2.24, 2.45) is 0 Å². The van der Waals surface area contributed by atoms with Gasteiger partial charge < -0.3 is 15.5 Å². The Hall–Kier alpha value is -2.31. The first-order valence-electron chi connectivity index (χ1n) is 6.50. The first kappa shape index (κ1) is 14.1. The van der Waals surface area contributed by atoms with Gasteiger partial charge in [-0.1, -0.05) is 6.07 Å². The maximum absolute atomic E-state index is 11.3. The van der Waals surface area contributed by atoms with Gasteiger partial charge in [-0.25, -0.2) is 0 Å². The van der Waals surface area contributed by atoms with Crippen LogP contribution in [0, 0.1) is 10.1 Å². The summed E-state index contributed by atoms with van der Waals surface area (Å²) in [7, 11) is 1.66. The second kappa shape index (κ2) is 5.77. The van der Waals surface area contributed by atoms with Crippen molar-refractivity contribution < 1.29 is 9.72 Å². The summed E-state index contributed by atoms with van der Waals surface area (Å²) in [6.07, 6.45) is 0.792. The van der Waals surface area contributed by atoms with E-state index in [1.54, 1.807) is 25.2 Å². The SMILES string of the molecule is CNc1cccc(N2CCC(NC(C)=O)C2)c1[N+](=O)[O-]. The molecule has 1 saturated heterocycles. The van der Waals surface area contributed by atoms with E-state index in [1.807, 2.05) is 4.90 Å². The molecule has 20 heavy (non-hydrogen) atoms. The van der Waals surface area contributed by atoms with Crippen LogP contribution in [0.1, 0.15) is 13.3 Å². The maximum Gasteiger partial charge on any atom is 0.315 e. The largest absolute Gasteiger partial charge is 0.382 e. The van der Waals surface area contributed by atoms with Crippen molar-refractivity contribution in [1.29, 1.82) is 0 Å². The Labute approximate surface area is 117 Å². The normalized spacial score (nSPS) is 17.9. The monoisotopic (exact) mass is 278 g/mol. The number of rotatable bonds is 4. The molecule has 1 aromatic rings. The number of hydrogen-bond donors (Lipinski definition) is 2. The molecule has 0 saturated carbocycles. The van der Waals surface area contributed by atoms with E-state index in [0.717, 1.165) is 6.42 Å². The van der Waals surface area contributed by atoms with Crippen molar-refractivity contribution in [3.63, 3.8) is 0 Å². The van der Waals surface area contributed by atoms with Gasteiger partial charge in [0.15, 0.2) is 0 Å². The van der Waals surface area contributed by atoms with Crippen molar-refractivity contribution in [3.8, 4) is 0 Å². The van der Waals surface area contributed by atoms with Gasteiger partial charge in [-0.2, -0.15) is 0 Å². The molecule has 2 rings (SSSR count). The third-order valence-electron chi connectivity index (χ3n) is 3.40. The number of nitrogens with zero attached hydrogens (tertiary/aromatic N) is 2. The lowest BCUT2D eigenvalue weighted by Crippen LogP contribution is -2.35. The number of nitro benzene ring substituents is 1. The van der Waals surface area contributed by atoms with Crippen LogP contribution in [0.3, 0.4) is 0 Å². The number of benzene rings is 1. The summed E-state index contributed by atoms with van der Waals surface area (Å²) in [5.74, 6) is -0.0738. The number of carbonyl (C=O) groups excluding carboxylic acids is 1. The lowest BCUT2D eigenvalue weighted by atomic mass is 10.2. The lowest BCUT2D eigenvalue weighted by Gasteiger charge is -2.19. The first-order chi connectivity index (χ1) is 9.52. The molecule has 108 valence electrons. The third kappa shape index (κ3) is 2.81. The molecular weight excluding hydrogens is 260 g/mol. The summed E-state index contributed by atoms with van der Waals surface area (Å²) in [5.41, 5.74) is 1.17. The highest BCUT2D eigenvalue weighted by Gasteiger charge is 2.29. The summed E-state index contributed by atoms with van der Waals surface area (Å²) >= 11 is 0. The molecule has 1 aliphatic rings. The van der Waals surface area contributed by atoms with Gasteiger partial charge in [0.25, 0.3) is 0 Å². The Morgan fingerprint density at radius 2 is 2.25 bits per heavy atom. The second-order valence-electron chi connectivity index (χ2n) is 4.81. The zero-order valence-electron chi connectivity index (χ0n) is 11.5. The zero-order valence-corrected chi connectivity index (χ0v) is 11.5. The zero-order chi connectivity index (χ0) is 14.7. The molecule has 1 heterocycles. The number of carbonyl (C=O) groups is 1. The fourth-order valence-electron chi connectivity index (χ4n) is 2.56. The standard InChI is InChI=1S/C13H18N4O3/c1-9(18)15-10-6-7-16(8-10)12-5-3-4-11(14-2)13(12)17(19)20/h3-5,10,14H,6-8H2,1-2H3,(H,15,18). The Bertz CT molecular complexity index is 532. The van der Waals surface area contributed by atoms with E-state index in [9.17, 15) is 14.9 Å². The Morgan fingerprint density at radius 3 is 2.85 bits per heavy atom. The smallest absolute Gasteiger partial charge is 0.315 e. The van der Waals surface area contributed by atoms with Crippen LogP contribution >= 0.6 is 0 Å². The predicted molar refractivity (Wildman–Crippen MR) is 77.1 cm³/mol. The van der Waals surface area contributed by atoms with E-state index in [1.165, 1.54) is 6.92 Å². The summed E-state index contributed by atoms with van der Waals surface area (Å²) in [6.45, 7) is 2.76. The molecule has 1 amide bonds. The summed E-state index contributed by atoms with van der Waals surface area (Å²) in [5, 5.41) is 17.0. The predicted octanol–water partition coefficient (Wildman–Crippen LogP) is 1.35. The molecule has 2 N–H and O–H groups in total. The average Bonchev–Trinajstić information content (AvgIpc) is 2.85. The van der Waals surface area contributed by atoms with Gasteiger partial charge in [-0.05, 0) is 18.6 Å². The molecule has 0 spiro atoms. The van der Waals surface area contributed by atoms with Crippen LogP contribution in [0.2, 0.25) is 0 Å². The quantitative estimate of drug-likeness (QED) is 0.641. The van der Waals surface area contributed by atoms with Crippen molar-refractivity contribution in [1.82, 2.24) is 5.32 Å². The fourth-order valence-corrected chi connectivity index (χ4v) is 2.56. The van der Waals surface area contributed by atoms with Crippen LogP contribution in [-0.2, 0) is 4.79 Å². The summed E-state index contributed by atoms with van der Waals surface area (Å²) < 4.78 is 0. The topological polar surface area (TPSA) is 87.5 Å². The molecule has 7 nitrogen and oxygen atoms in total. The molecule has 0 bridgehead atoms. The van der Waals surface area contributed by atoms with Gasteiger partial charge in [0.1, 0.15) is 11.4 Å². The molecule has 0 aromatic heterocycles. The second-order valence-corrected chi connectivity index (χ2v) is 4.81. The Balaban J connectivity index is 2.25. The van der Waals surface area contributed by atoms with Crippen molar-refractivity contribution in [2.75, 3.05) is 30.4 Å². The number of hydrogen-bond acceptors (Lipinski definition) is 5. The molecule has 1 atom stereocenters. The lowest BCUT2D eigenvalue weighted by molar-refractivity contribution is -0.383. The van der Waals surface area contributed by atoms with E-state index in [0.29, 0.717) is 24.5 Å². The van der Waals surface area contributed by atoms with E-state index >= 15 is 0 Å². The van der Waals surface area contributed by atoms with Gasteiger partial charge in [-0.3, -0.25) is 14.9 Å². The molecule has 1 aliphatic heterocycles. The number of para-hydroxylation sites is 1. The van der Waals surface area contributed by atoms with Crippen LogP contribution < -0.4 is 15.5 Å². The highest BCUT2D eigenvalue weighted by molar-refractivity contribution is 5.77. The van der Waals surface area contributed by atoms with Crippen molar-refractivity contribution in [2.45, 2.75) is 19.4 Å². The Morgan fingerprint density at radius 1 is 1.50 bits per heavy atom. The van der Waals surface area contributed by atoms with Crippen LogP contribution in [0.25, 0.3) is 0 Å². The molecule has 1 fully saturated rings. The van der Waals surface area contributed by atoms with Crippen LogP contribution in [0.15, 0.2) is 18.2 Å². The molecule has 1 unspecified atom stereocenters. The van der Waals surface area contributed by atoms with Gasteiger partial charge in [0.05, 0.1) is 4.92 Å². The third-order valence-corrected chi connectivity index (χ3v) is 3.40. The van der Waals surface area contributed by atoms with Gasteiger partial charge in [-0.15, -0.1) is 0 Å². The van der Waals surface area contributed by atoms with E-state index < -0.39 is 0 Å². The average molecular weight is 278 g/mol. The fraction of sp³-hybridized carbons (Fsp3) is 0.462. The summed E-state index contributed by atoms with van der Waals surface area (Å²) in [4.78, 5) is 23.9. The van der Waals surface area contributed by atoms with Crippen LogP contribution in [-0.4, -0.2) is 37.0 Å². The highest BCUT2D eigenvalue weighted by Crippen LogP contribution is 2.36. The minimum atomic E-state index is -0.368. The number of anilines is 2. The van der Waals surface area contributed by atoms with Crippen molar-refractivity contribution in [3.05, 3.63) is 28.3 Å². The highest BCUT2D eigenvalue weighted by atomic mass is 16.6. The minimum Gasteiger partial charge on any atom is -0.382 e. The molecule has 0 aliphatic carbocycles. The number of amides is 1. The van der Waals surface area contributed by atoms with E-state index in [2.05, 4.69) is 10.6 Å². The minimum absolute atomic E-state index is 0.0466. The van der Waals surface area contributed by atoms with Crippen LogP contribution in [0.4, 0.5) is 17.1 Å². The molecule has 7 heteroatoms. The van der Waals surface area contributed by atoms with E-state index in [4.69, 9.17) is 0 Å².